The van der Waals surface area contributed by atoms with Gasteiger partial charge in [-0.2, -0.15) is 10.2 Å². The van der Waals surface area contributed by atoms with Crippen LogP contribution in [0.3, 0.4) is 0 Å². The molecule has 0 aromatic rings. The molecule has 0 bridgehead atoms. The maximum absolute atomic E-state index is 12.7. The number of carbonyl (C=O) groups is 2. The average Bonchev–Trinajstić information content (AvgIpc) is 2.80. The van der Waals surface area contributed by atoms with Crippen LogP contribution in [0.15, 0.2) is 10.3 Å². The largest absolute Gasteiger partial charge is 0.442 e. The molecule has 0 fully saturated rings. The van der Waals surface area contributed by atoms with E-state index in [1.165, 1.54) is 6.92 Å². The Kier molecular flexibility index (Phi) is 5.84. The molecule has 1 aliphatic heterocycles. The minimum atomic E-state index is -1.95. The molecule has 2 amide bonds. The highest BCUT2D eigenvalue weighted by Gasteiger charge is 2.61. The number of nitrogens with zero attached hydrogens (tertiary/aromatic N) is 3. The average molecular weight is 356 g/mol. The van der Waals surface area contributed by atoms with Crippen LogP contribution in [0.2, 0.25) is 0 Å². The minimum Gasteiger partial charge on any atom is -0.442 e. The van der Waals surface area contributed by atoms with Gasteiger partial charge in [0.25, 0.3) is 5.91 Å². The second-order valence-electron chi connectivity index (χ2n) is 7.75. The SMILES string of the molecule is CCO/N=C(/C)C1(N(O)C(=O)OC(C)(C)C)C(=O)NN=C1C(C)(C)C. The van der Waals surface area contributed by atoms with E-state index in [9.17, 15) is 14.8 Å². The van der Waals surface area contributed by atoms with Crippen molar-refractivity contribution in [2.75, 3.05) is 6.61 Å². The van der Waals surface area contributed by atoms with Crippen LogP contribution in [0.1, 0.15) is 55.4 Å². The van der Waals surface area contributed by atoms with Gasteiger partial charge in [0, 0.05) is 5.41 Å². The van der Waals surface area contributed by atoms with Gasteiger partial charge in [-0.1, -0.05) is 25.9 Å². The summed E-state index contributed by atoms with van der Waals surface area (Å²) >= 11 is 0. The molecule has 1 heterocycles. The lowest BCUT2D eigenvalue weighted by Crippen LogP contribution is -2.67. The van der Waals surface area contributed by atoms with Crippen molar-refractivity contribution in [3.05, 3.63) is 0 Å². The molecular formula is C16H28N4O5. The highest BCUT2D eigenvalue weighted by molar-refractivity contribution is 6.35. The lowest BCUT2D eigenvalue weighted by atomic mass is 9.75. The van der Waals surface area contributed by atoms with Crippen LogP contribution in [0, 0.1) is 5.41 Å². The Morgan fingerprint density at radius 1 is 1.32 bits per heavy atom. The summed E-state index contributed by atoms with van der Waals surface area (Å²) in [6.07, 6.45) is -1.09. The van der Waals surface area contributed by atoms with Crippen LogP contribution >= 0.6 is 0 Å². The molecule has 142 valence electrons. The normalized spacial score (nSPS) is 21.6. The van der Waals surface area contributed by atoms with Crippen molar-refractivity contribution in [3.63, 3.8) is 0 Å². The Balaban J connectivity index is 3.51. The quantitative estimate of drug-likeness (QED) is 0.456. The van der Waals surface area contributed by atoms with Crippen LogP contribution < -0.4 is 5.43 Å². The Morgan fingerprint density at radius 2 is 1.88 bits per heavy atom. The number of rotatable bonds is 4. The van der Waals surface area contributed by atoms with Crippen LogP contribution in [0.5, 0.6) is 0 Å². The summed E-state index contributed by atoms with van der Waals surface area (Å²) in [6, 6.07) is 0. The van der Waals surface area contributed by atoms with E-state index in [1.54, 1.807) is 48.5 Å². The van der Waals surface area contributed by atoms with Gasteiger partial charge in [0.2, 0.25) is 5.54 Å². The van der Waals surface area contributed by atoms with E-state index < -0.39 is 28.6 Å². The molecule has 1 atom stereocenters. The molecule has 0 aromatic heterocycles. The third-order valence-electron chi connectivity index (χ3n) is 3.39. The fourth-order valence-corrected chi connectivity index (χ4v) is 2.44. The van der Waals surface area contributed by atoms with Gasteiger partial charge >= 0.3 is 6.09 Å². The van der Waals surface area contributed by atoms with Gasteiger partial charge in [-0.15, -0.1) is 0 Å². The van der Waals surface area contributed by atoms with Crippen LogP contribution in [-0.2, 0) is 14.4 Å². The van der Waals surface area contributed by atoms with Crippen molar-refractivity contribution in [2.45, 2.75) is 66.5 Å². The van der Waals surface area contributed by atoms with E-state index in [-0.39, 0.29) is 23.1 Å². The van der Waals surface area contributed by atoms with Gasteiger partial charge in [-0.05, 0) is 34.6 Å². The van der Waals surface area contributed by atoms with Gasteiger partial charge in [0.15, 0.2) is 0 Å². The molecule has 25 heavy (non-hydrogen) atoms. The number of hydrogen-bond acceptors (Lipinski definition) is 7. The molecule has 0 saturated carbocycles. The maximum Gasteiger partial charge on any atom is 0.436 e. The lowest BCUT2D eigenvalue weighted by Gasteiger charge is -2.38. The highest BCUT2D eigenvalue weighted by Crippen LogP contribution is 2.34. The number of ether oxygens (including phenoxy) is 1. The predicted octanol–water partition coefficient (Wildman–Crippen LogP) is 2.30. The second kappa shape index (κ2) is 6.99. The monoisotopic (exact) mass is 356 g/mol. The van der Waals surface area contributed by atoms with Gasteiger partial charge < -0.3 is 9.57 Å². The van der Waals surface area contributed by atoms with Crippen LogP contribution in [-0.4, -0.2) is 51.4 Å². The summed E-state index contributed by atoms with van der Waals surface area (Å²) in [7, 11) is 0. The lowest BCUT2D eigenvalue weighted by molar-refractivity contribution is -0.149. The summed E-state index contributed by atoms with van der Waals surface area (Å²) in [5, 5.41) is 18.8. The number of carbonyl (C=O) groups excluding carboxylic acids is 2. The van der Waals surface area contributed by atoms with E-state index >= 15 is 0 Å². The van der Waals surface area contributed by atoms with Gasteiger partial charge in [-0.25, -0.2) is 10.2 Å². The Bertz CT molecular complexity index is 601. The molecule has 1 rings (SSSR count). The molecule has 2 N–H and O–H groups in total. The van der Waals surface area contributed by atoms with E-state index in [4.69, 9.17) is 9.57 Å². The predicted molar refractivity (Wildman–Crippen MR) is 92.4 cm³/mol. The molecule has 0 radical (unpaired) electrons. The van der Waals surface area contributed by atoms with Crippen molar-refractivity contribution in [1.82, 2.24) is 10.5 Å². The second-order valence-corrected chi connectivity index (χ2v) is 7.75. The van der Waals surface area contributed by atoms with Crippen molar-refractivity contribution in [2.24, 2.45) is 15.7 Å². The first-order valence-electron chi connectivity index (χ1n) is 8.06. The minimum absolute atomic E-state index is 0.0615. The number of hydroxylamine groups is 2. The number of amides is 2. The molecule has 9 nitrogen and oxygen atoms in total. The molecule has 0 spiro atoms. The summed E-state index contributed by atoms with van der Waals surface area (Å²) in [5.41, 5.74) is -0.864. The fourth-order valence-electron chi connectivity index (χ4n) is 2.44. The van der Waals surface area contributed by atoms with Crippen molar-refractivity contribution < 1.29 is 24.4 Å². The first-order chi connectivity index (χ1) is 11.3. The fraction of sp³-hybridized carbons (Fsp3) is 0.750. The molecule has 1 unspecified atom stereocenters. The van der Waals surface area contributed by atoms with Crippen molar-refractivity contribution in [3.8, 4) is 0 Å². The molecule has 0 aromatic carbocycles. The Labute approximate surface area is 148 Å². The smallest absolute Gasteiger partial charge is 0.436 e. The highest BCUT2D eigenvalue weighted by atomic mass is 16.6. The number of hydrogen-bond donors (Lipinski definition) is 2. The van der Waals surface area contributed by atoms with Gasteiger partial charge in [0.1, 0.15) is 12.2 Å². The summed E-state index contributed by atoms with van der Waals surface area (Å²) in [4.78, 5) is 30.2. The zero-order chi connectivity index (χ0) is 19.6. The number of nitrogens with one attached hydrogen (secondary N) is 1. The molecule has 0 aliphatic carbocycles. The first kappa shape index (κ1) is 20.9. The third kappa shape index (κ3) is 4.09. The number of oxime groups is 1. The Hall–Kier alpha value is -2.16. The van der Waals surface area contributed by atoms with Crippen LogP contribution in [0.25, 0.3) is 0 Å². The summed E-state index contributed by atoms with van der Waals surface area (Å²) < 4.78 is 5.21. The van der Waals surface area contributed by atoms with E-state index in [2.05, 4.69) is 15.7 Å². The zero-order valence-electron chi connectivity index (χ0n) is 16.1. The van der Waals surface area contributed by atoms with Crippen molar-refractivity contribution >= 4 is 23.4 Å². The molecule has 9 heteroatoms. The standard InChI is InChI=1S/C16H28N4O5/c1-9-24-19-10(2)16(20(23)13(22)25-15(6,7)8)11(14(3,4)5)17-18-12(16)21/h23H,9H2,1-8H3,(H,18,21)/b19-10-. The van der Waals surface area contributed by atoms with E-state index in [1.807, 2.05) is 0 Å². The summed E-state index contributed by atoms with van der Waals surface area (Å²) in [6.45, 7) is 13.8. The number of hydrazone groups is 1. The topological polar surface area (TPSA) is 113 Å². The zero-order valence-corrected chi connectivity index (χ0v) is 16.1. The van der Waals surface area contributed by atoms with Gasteiger partial charge in [0.05, 0.1) is 11.4 Å². The van der Waals surface area contributed by atoms with Crippen molar-refractivity contribution in [1.29, 1.82) is 0 Å². The van der Waals surface area contributed by atoms with Gasteiger partial charge in [-0.3, -0.25) is 10.0 Å². The van der Waals surface area contributed by atoms with Crippen LogP contribution in [0.4, 0.5) is 4.79 Å². The first-order valence-corrected chi connectivity index (χ1v) is 8.06. The Morgan fingerprint density at radius 3 is 2.32 bits per heavy atom. The molecule has 0 saturated heterocycles. The molecular weight excluding hydrogens is 328 g/mol. The molecule has 1 aliphatic rings. The third-order valence-corrected chi connectivity index (χ3v) is 3.39. The maximum atomic E-state index is 12.7. The van der Waals surface area contributed by atoms with E-state index in [0.29, 0.717) is 0 Å². The van der Waals surface area contributed by atoms with E-state index in [0.717, 1.165) is 0 Å². The summed E-state index contributed by atoms with van der Waals surface area (Å²) in [5.74, 6) is -0.716.